The van der Waals surface area contributed by atoms with Crippen molar-refractivity contribution in [3.63, 3.8) is 0 Å². The Morgan fingerprint density at radius 1 is 1.44 bits per heavy atom. The maximum atomic E-state index is 9.16. The van der Waals surface area contributed by atoms with Gasteiger partial charge in [0.2, 0.25) is 0 Å². The zero-order chi connectivity index (χ0) is 13.1. The topological polar surface area (TPSA) is 57.4 Å². The fourth-order valence-electron chi connectivity index (χ4n) is 1.77. The Balaban J connectivity index is 2.34. The van der Waals surface area contributed by atoms with Crippen molar-refractivity contribution >= 4 is 34.1 Å². The summed E-state index contributed by atoms with van der Waals surface area (Å²) >= 11 is 10.9. The lowest BCUT2D eigenvalue weighted by atomic mass is 9.94. The Kier molecular flexibility index (Phi) is 3.80. The molecule has 0 amide bonds. The molecule has 0 radical (unpaired) electrons. The highest BCUT2D eigenvalue weighted by molar-refractivity contribution is 7.80. The molecule has 0 aliphatic carbocycles. The van der Waals surface area contributed by atoms with E-state index in [4.69, 9.17) is 33.8 Å². The number of methoxy groups -OCH3 is 1. The summed E-state index contributed by atoms with van der Waals surface area (Å²) in [4.78, 5) is 3.90. The molecule has 0 saturated heterocycles. The third-order valence-corrected chi connectivity index (χ3v) is 3.22. The van der Waals surface area contributed by atoms with Crippen LogP contribution in [0.5, 0.6) is 5.75 Å². The zero-order valence-corrected chi connectivity index (χ0v) is 11.1. The summed E-state index contributed by atoms with van der Waals surface area (Å²) in [5.41, 5.74) is 0.915. The Morgan fingerprint density at radius 2 is 2.11 bits per heavy atom. The molecular formula is C12H10ClN3OS. The molecule has 6 heteroatoms. The van der Waals surface area contributed by atoms with Crippen molar-refractivity contribution in [3.05, 3.63) is 29.8 Å². The molecule has 1 aliphatic rings. The van der Waals surface area contributed by atoms with Crippen LogP contribution in [0.25, 0.3) is 0 Å². The first-order valence-corrected chi connectivity index (χ1v) is 6.02. The molecule has 2 atom stereocenters. The lowest BCUT2D eigenvalue weighted by molar-refractivity contribution is 0.414. The highest BCUT2D eigenvalue weighted by Gasteiger charge is 2.31. The fourth-order valence-corrected chi connectivity index (χ4v) is 2.30. The third-order valence-electron chi connectivity index (χ3n) is 2.69. The van der Waals surface area contributed by atoms with Crippen LogP contribution in [0.3, 0.4) is 0 Å². The second kappa shape index (κ2) is 5.34. The minimum absolute atomic E-state index is 0.224. The standard InChI is InChI=1S/C12H10ClN3OS/c1-17-8-4-2-7(3-5-8)10-9(6-14)11(13)16-12(18)15-10/h2-5,9-10H,1H3,(H,15,18). The number of nitrogens with zero attached hydrogens (tertiary/aromatic N) is 2. The van der Waals surface area contributed by atoms with Crippen molar-refractivity contribution in [2.75, 3.05) is 7.11 Å². The Labute approximate surface area is 115 Å². The molecule has 2 unspecified atom stereocenters. The Morgan fingerprint density at radius 3 is 2.67 bits per heavy atom. The van der Waals surface area contributed by atoms with Gasteiger partial charge in [-0.05, 0) is 29.9 Å². The molecule has 92 valence electrons. The summed E-state index contributed by atoms with van der Waals surface area (Å²) in [6, 6.07) is 9.26. The lowest BCUT2D eigenvalue weighted by Gasteiger charge is -2.27. The third kappa shape index (κ3) is 2.45. The second-order valence-corrected chi connectivity index (χ2v) is 4.52. The van der Waals surface area contributed by atoms with Gasteiger partial charge in [0.05, 0.1) is 19.2 Å². The quantitative estimate of drug-likeness (QED) is 0.845. The van der Waals surface area contributed by atoms with Gasteiger partial charge in [0.15, 0.2) is 5.11 Å². The summed E-state index contributed by atoms with van der Waals surface area (Å²) in [5.74, 6) is 0.220. The van der Waals surface area contributed by atoms with Crippen LogP contribution >= 0.6 is 23.8 Å². The van der Waals surface area contributed by atoms with Crippen LogP contribution < -0.4 is 10.1 Å². The van der Waals surface area contributed by atoms with E-state index in [9.17, 15) is 0 Å². The summed E-state index contributed by atoms with van der Waals surface area (Å²) in [6.07, 6.45) is 0. The highest BCUT2D eigenvalue weighted by atomic mass is 35.5. The molecule has 0 aromatic heterocycles. The number of thiocarbonyl (C=S) groups is 1. The van der Waals surface area contributed by atoms with E-state index < -0.39 is 5.92 Å². The summed E-state index contributed by atoms with van der Waals surface area (Å²) in [6.45, 7) is 0. The van der Waals surface area contributed by atoms with E-state index in [0.29, 0.717) is 5.11 Å². The van der Waals surface area contributed by atoms with Crippen LogP contribution in [-0.4, -0.2) is 17.4 Å². The smallest absolute Gasteiger partial charge is 0.194 e. The second-order valence-electron chi connectivity index (χ2n) is 3.74. The van der Waals surface area contributed by atoms with Gasteiger partial charge < -0.3 is 10.1 Å². The number of ether oxygens (including phenoxy) is 1. The number of nitriles is 1. The lowest BCUT2D eigenvalue weighted by Crippen LogP contribution is -2.38. The van der Waals surface area contributed by atoms with E-state index in [-0.39, 0.29) is 11.2 Å². The summed E-state index contributed by atoms with van der Waals surface area (Å²) in [5, 5.41) is 12.7. The molecule has 1 aromatic carbocycles. The molecule has 18 heavy (non-hydrogen) atoms. The van der Waals surface area contributed by atoms with Crippen LogP contribution in [0.15, 0.2) is 29.3 Å². The largest absolute Gasteiger partial charge is 0.497 e. The van der Waals surface area contributed by atoms with E-state index >= 15 is 0 Å². The van der Waals surface area contributed by atoms with Crippen molar-refractivity contribution in [3.8, 4) is 11.8 Å². The van der Waals surface area contributed by atoms with E-state index in [1.165, 1.54) is 0 Å². The fraction of sp³-hybridized carbons (Fsp3) is 0.250. The number of hydrogen-bond donors (Lipinski definition) is 1. The van der Waals surface area contributed by atoms with E-state index in [1.54, 1.807) is 7.11 Å². The molecule has 1 aliphatic heterocycles. The number of benzene rings is 1. The van der Waals surface area contributed by atoms with Crippen molar-refractivity contribution in [2.24, 2.45) is 10.9 Å². The first-order chi connectivity index (χ1) is 8.65. The average Bonchev–Trinajstić information content (AvgIpc) is 2.38. The Hall–Kier alpha value is -1.64. The van der Waals surface area contributed by atoms with Crippen molar-refractivity contribution < 1.29 is 4.74 Å². The molecule has 0 bridgehead atoms. The molecule has 4 nitrogen and oxygen atoms in total. The van der Waals surface area contributed by atoms with Crippen molar-refractivity contribution in [1.82, 2.24) is 5.32 Å². The number of nitrogens with one attached hydrogen (secondary N) is 1. The van der Waals surface area contributed by atoms with Crippen LogP contribution in [0.2, 0.25) is 0 Å². The molecule has 0 spiro atoms. The molecule has 2 rings (SSSR count). The van der Waals surface area contributed by atoms with Crippen LogP contribution in [0.4, 0.5) is 0 Å². The van der Waals surface area contributed by atoms with Gasteiger partial charge in [-0.25, -0.2) is 4.99 Å². The molecule has 0 saturated carbocycles. The molecular weight excluding hydrogens is 270 g/mol. The number of rotatable bonds is 2. The van der Waals surface area contributed by atoms with Crippen molar-refractivity contribution in [1.29, 1.82) is 5.26 Å². The van der Waals surface area contributed by atoms with Crippen LogP contribution in [0, 0.1) is 17.2 Å². The first kappa shape index (κ1) is 12.8. The maximum Gasteiger partial charge on any atom is 0.194 e. The molecule has 1 aromatic rings. The monoisotopic (exact) mass is 279 g/mol. The molecule has 1 N–H and O–H groups in total. The maximum absolute atomic E-state index is 9.16. The number of aliphatic imine (C=N–C) groups is 1. The number of halogens is 1. The van der Waals surface area contributed by atoms with Gasteiger partial charge in [0.1, 0.15) is 16.8 Å². The minimum atomic E-state index is -0.535. The number of hydrogen-bond acceptors (Lipinski definition) is 3. The zero-order valence-electron chi connectivity index (χ0n) is 9.55. The van der Waals surface area contributed by atoms with E-state index in [1.807, 2.05) is 24.3 Å². The van der Waals surface area contributed by atoms with E-state index in [0.717, 1.165) is 11.3 Å². The predicted molar refractivity (Wildman–Crippen MR) is 73.9 cm³/mol. The van der Waals surface area contributed by atoms with E-state index in [2.05, 4.69) is 16.4 Å². The summed E-state index contributed by atoms with van der Waals surface area (Å²) < 4.78 is 5.09. The highest BCUT2D eigenvalue weighted by Crippen LogP contribution is 2.28. The van der Waals surface area contributed by atoms with Gasteiger partial charge in [0.25, 0.3) is 0 Å². The van der Waals surface area contributed by atoms with Gasteiger partial charge >= 0.3 is 0 Å². The molecule has 1 heterocycles. The normalized spacial score (nSPS) is 22.7. The predicted octanol–water partition coefficient (Wildman–Crippen LogP) is 2.40. The molecule has 0 fully saturated rings. The minimum Gasteiger partial charge on any atom is -0.497 e. The average molecular weight is 280 g/mol. The van der Waals surface area contributed by atoms with Gasteiger partial charge in [-0.2, -0.15) is 5.26 Å². The first-order valence-electron chi connectivity index (χ1n) is 5.24. The SMILES string of the molecule is COc1ccc(C2NC(=S)N=C(Cl)C2C#N)cc1. The van der Waals surface area contributed by atoms with Gasteiger partial charge in [-0.15, -0.1) is 0 Å². The van der Waals surface area contributed by atoms with Gasteiger partial charge in [-0.3, -0.25) is 0 Å². The Bertz CT molecular complexity index is 535. The van der Waals surface area contributed by atoms with Gasteiger partial charge in [-0.1, -0.05) is 23.7 Å². The van der Waals surface area contributed by atoms with Gasteiger partial charge in [0, 0.05) is 0 Å². The summed E-state index contributed by atoms with van der Waals surface area (Å²) in [7, 11) is 1.60. The van der Waals surface area contributed by atoms with Crippen molar-refractivity contribution in [2.45, 2.75) is 6.04 Å². The van der Waals surface area contributed by atoms with Crippen LogP contribution in [0.1, 0.15) is 11.6 Å². The van der Waals surface area contributed by atoms with Crippen LogP contribution in [-0.2, 0) is 0 Å².